The van der Waals surface area contributed by atoms with Crippen molar-refractivity contribution in [3.8, 4) is 0 Å². The number of H-pyrrole nitrogens is 1. The molecule has 0 atom stereocenters. The number of thiazole rings is 1. The van der Waals surface area contributed by atoms with Gasteiger partial charge in [-0.2, -0.15) is 0 Å². The molecule has 0 aliphatic carbocycles. The van der Waals surface area contributed by atoms with E-state index in [0.717, 1.165) is 12.2 Å². The van der Waals surface area contributed by atoms with Gasteiger partial charge in [-0.05, 0) is 31.8 Å². The molecule has 2 heterocycles. The summed E-state index contributed by atoms with van der Waals surface area (Å²) in [5.74, 6) is 0.418. The predicted molar refractivity (Wildman–Crippen MR) is 63.5 cm³/mol. The van der Waals surface area contributed by atoms with Gasteiger partial charge in [0.1, 0.15) is 0 Å². The zero-order chi connectivity index (χ0) is 10.8. The summed E-state index contributed by atoms with van der Waals surface area (Å²) in [6, 6.07) is 0. The lowest BCUT2D eigenvalue weighted by Gasteiger charge is -2.14. The Morgan fingerprint density at radius 2 is 2.07 bits per heavy atom. The van der Waals surface area contributed by atoms with Gasteiger partial charge in [-0.25, -0.2) is 0 Å². The molecular weight excluding hydrogens is 208 g/mol. The second-order valence-electron chi connectivity index (χ2n) is 4.49. The largest absolute Gasteiger partial charge is 0.316 e. The van der Waals surface area contributed by atoms with Crippen LogP contribution in [0.4, 0.5) is 0 Å². The Balaban J connectivity index is 2.15. The van der Waals surface area contributed by atoms with Crippen LogP contribution in [-0.2, 0) is 6.54 Å². The van der Waals surface area contributed by atoms with Crippen molar-refractivity contribution in [3.05, 3.63) is 20.2 Å². The Labute approximate surface area is 94.1 Å². The van der Waals surface area contributed by atoms with Crippen LogP contribution in [0.25, 0.3) is 0 Å². The van der Waals surface area contributed by atoms with E-state index in [1.54, 1.807) is 0 Å². The van der Waals surface area contributed by atoms with Gasteiger partial charge in [-0.3, -0.25) is 9.69 Å². The van der Waals surface area contributed by atoms with Crippen molar-refractivity contribution in [1.82, 2.24) is 9.88 Å². The molecule has 0 aromatic carbocycles. The van der Waals surface area contributed by atoms with Crippen molar-refractivity contribution < 1.29 is 0 Å². The summed E-state index contributed by atoms with van der Waals surface area (Å²) in [4.78, 5) is 18.0. The number of aromatic amines is 1. The lowest BCUT2D eigenvalue weighted by atomic mass is 10.1. The van der Waals surface area contributed by atoms with Crippen molar-refractivity contribution in [3.63, 3.8) is 0 Å². The van der Waals surface area contributed by atoms with Crippen LogP contribution >= 0.6 is 11.3 Å². The van der Waals surface area contributed by atoms with E-state index in [1.165, 1.54) is 42.1 Å². The molecule has 2 rings (SSSR count). The van der Waals surface area contributed by atoms with Crippen LogP contribution in [0.5, 0.6) is 0 Å². The first kappa shape index (κ1) is 10.9. The van der Waals surface area contributed by atoms with Gasteiger partial charge in [0.2, 0.25) is 0 Å². The second kappa shape index (κ2) is 4.49. The molecule has 0 radical (unpaired) electrons. The number of aromatic nitrogens is 1. The van der Waals surface area contributed by atoms with E-state index in [0.29, 0.717) is 5.92 Å². The van der Waals surface area contributed by atoms with Crippen LogP contribution in [0, 0.1) is 0 Å². The van der Waals surface area contributed by atoms with E-state index in [1.807, 2.05) is 0 Å². The summed E-state index contributed by atoms with van der Waals surface area (Å²) in [6.07, 6.45) is 2.60. The molecule has 0 unspecified atom stereocenters. The van der Waals surface area contributed by atoms with E-state index < -0.39 is 0 Å². The molecule has 4 heteroatoms. The second-order valence-corrected chi connectivity index (χ2v) is 5.56. The van der Waals surface area contributed by atoms with Crippen LogP contribution < -0.4 is 4.87 Å². The highest BCUT2D eigenvalue weighted by Gasteiger charge is 2.17. The molecule has 1 aromatic heterocycles. The number of nitrogens with zero attached hydrogens (tertiary/aromatic N) is 1. The molecule has 15 heavy (non-hydrogen) atoms. The first-order valence-electron chi connectivity index (χ1n) is 5.61. The van der Waals surface area contributed by atoms with Gasteiger partial charge in [0, 0.05) is 17.1 Å². The monoisotopic (exact) mass is 226 g/mol. The first-order chi connectivity index (χ1) is 7.16. The van der Waals surface area contributed by atoms with E-state index >= 15 is 0 Å². The maximum Gasteiger partial charge on any atom is 0.304 e. The Morgan fingerprint density at radius 3 is 2.67 bits per heavy atom. The molecule has 1 saturated heterocycles. The third-order valence-corrected chi connectivity index (χ3v) is 3.78. The third-order valence-electron chi connectivity index (χ3n) is 2.90. The van der Waals surface area contributed by atoms with Crippen molar-refractivity contribution in [2.45, 2.75) is 39.2 Å². The highest BCUT2D eigenvalue weighted by Crippen LogP contribution is 2.22. The molecule has 1 aromatic rings. The number of hydrogen-bond acceptors (Lipinski definition) is 3. The quantitative estimate of drug-likeness (QED) is 0.857. The average Bonchev–Trinajstić information content (AvgIpc) is 2.75. The average molecular weight is 226 g/mol. The Hall–Kier alpha value is -0.610. The minimum Gasteiger partial charge on any atom is -0.316 e. The summed E-state index contributed by atoms with van der Waals surface area (Å²) in [5, 5.41) is 0. The summed E-state index contributed by atoms with van der Waals surface area (Å²) in [7, 11) is 0. The molecule has 1 aliphatic heterocycles. The molecule has 1 fully saturated rings. The maximum absolute atomic E-state index is 11.3. The molecule has 0 amide bonds. The van der Waals surface area contributed by atoms with Gasteiger partial charge in [0.05, 0.1) is 0 Å². The lowest BCUT2D eigenvalue weighted by molar-refractivity contribution is 0.332. The summed E-state index contributed by atoms with van der Waals surface area (Å²) < 4.78 is 0. The topological polar surface area (TPSA) is 36.1 Å². The smallest absolute Gasteiger partial charge is 0.304 e. The van der Waals surface area contributed by atoms with Crippen LogP contribution in [0.3, 0.4) is 0 Å². The number of nitrogens with one attached hydrogen (secondary N) is 1. The van der Waals surface area contributed by atoms with Gasteiger partial charge >= 0.3 is 4.87 Å². The zero-order valence-corrected chi connectivity index (χ0v) is 10.2. The predicted octanol–water partition coefficient (Wildman–Crippen LogP) is 2.16. The number of likely N-dealkylation sites (tertiary alicyclic amines) is 1. The fraction of sp³-hybridized carbons (Fsp3) is 0.727. The summed E-state index contributed by atoms with van der Waals surface area (Å²) >= 11 is 1.38. The van der Waals surface area contributed by atoms with Gasteiger partial charge < -0.3 is 4.98 Å². The summed E-state index contributed by atoms with van der Waals surface area (Å²) in [6.45, 7) is 7.58. The molecular formula is C11H18N2OS. The van der Waals surface area contributed by atoms with Crippen LogP contribution in [0.1, 0.15) is 43.2 Å². The van der Waals surface area contributed by atoms with Crippen LogP contribution in [0.15, 0.2) is 4.79 Å². The van der Waals surface area contributed by atoms with Crippen molar-refractivity contribution in [1.29, 1.82) is 0 Å². The van der Waals surface area contributed by atoms with Gasteiger partial charge in [0.15, 0.2) is 0 Å². The Kier molecular flexibility index (Phi) is 3.26. The molecule has 3 nitrogen and oxygen atoms in total. The highest BCUT2D eigenvalue weighted by molar-refractivity contribution is 7.09. The molecule has 84 valence electrons. The fourth-order valence-electron chi connectivity index (χ4n) is 2.10. The minimum atomic E-state index is 0.0906. The fourth-order valence-corrected chi connectivity index (χ4v) is 3.13. The molecule has 1 N–H and O–H groups in total. The lowest BCUT2D eigenvalue weighted by Crippen LogP contribution is -2.18. The molecule has 0 spiro atoms. The molecule has 0 saturated carbocycles. The summed E-state index contributed by atoms with van der Waals surface area (Å²) in [5.41, 5.74) is 1.14. The van der Waals surface area contributed by atoms with E-state index in [2.05, 4.69) is 23.7 Å². The van der Waals surface area contributed by atoms with Crippen LogP contribution in [0.2, 0.25) is 0 Å². The highest BCUT2D eigenvalue weighted by atomic mass is 32.1. The Bertz CT molecular complexity index is 374. The number of rotatable bonds is 3. The van der Waals surface area contributed by atoms with Gasteiger partial charge in [-0.15, -0.1) is 0 Å². The zero-order valence-electron chi connectivity index (χ0n) is 9.38. The Morgan fingerprint density at radius 1 is 1.40 bits per heavy atom. The van der Waals surface area contributed by atoms with Gasteiger partial charge in [-0.1, -0.05) is 25.2 Å². The third kappa shape index (κ3) is 2.49. The SMILES string of the molecule is CC(C)c1[nH]c(=O)sc1CN1CCCC1. The van der Waals surface area contributed by atoms with Crippen molar-refractivity contribution in [2.75, 3.05) is 13.1 Å². The minimum absolute atomic E-state index is 0.0906. The van der Waals surface area contributed by atoms with Crippen molar-refractivity contribution in [2.24, 2.45) is 0 Å². The van der Waals surface area contributed by atoms with E-state index in [4.69, 9.17) is 0 Å². The normalized spacial score (nSPS) is 17.8. The first-order valence-corrected chi connectivity index (χ1v) is 6.42. The van der Waals surface area contributed by atoms with E-state index in [9.17, 15) is 4.79 Å². The maximum atomic E-state index is 11.3. The molecule has 1 aliphatic rings. The van der Waals surface area contributed by atoms with Gasteiger partial charge in [0.25, 0.3) is 0 Å². The van der Waals surface area contributed by atoms with Crippen LogP contribution in [-0.4, -0.2) is 23.0 Å². The molecule has 0 bridgehead atoms. The van der Waals surface area contributed by atoms with Crippen molar-refractivity contribution >= 4 is 11.3 Å². The number of hydrogen-bond donors (Lipinski definition) is 1. The standard InChI is InChI=1S/C11H18N2OS/c1-8(2)10-9(15-11(14)12-10)7-13-5-3-4-6-13/h8H,3-7H2,1-2H3,(H,12,14). The van der Waals surface area contributed by atoms with E-state index in [-0.39, 0.29) is 4.87 Å².